The van der Waals surface area contributed by atoms with Gasteiger partial charge in [-0.25, -0.2) is 4.98 Å². The van der Waals surface area contributed by atoms with Gasteiger partial charge in [-0.1, -0.05) is 12.1 Å². The summed E-state index contributed by atoms with van der Waals surface area (Å²) in [7, 11) is 0. The van der Waals surface area contributed by atoms with Crippen LogP contribution in [0.3, 0.4) is 0 Å². The van der Waals surface area contributed by atoms with Crippen LogP contribution in [0.2, 0.25) is 0 Å². The lowest BCUT2D eigenvalue weighted by Gasteiger charge is -2.15. The van der Waals surface area contributed by atoms with Crippen LogP contribution in [0.1, 0.15) is 24.0 Å². The van der Waals surface area contributed by atoms with Gasteiger partial charge in [-0.15, -0.1) is 0 Å². The zero-order valence-corrected chi connectivity index (χ0v) is 13.0. The van der Waals surface area contributed by atoms with Crippen LogP contribution < -0.4 is 5.32 Å². The molecule has 1 atom stereocenters. The topological polar surface area (TPSA) is 62.4 Å². The fourth-order valence-electron chi connectivity index (χ4n) is 3.25. The number of nitriles is 1. The van der Waals surface area contributed by atoms with Crippen molar-refractivity contribution in [3.8, 4) is 6.07 Å². The van der Waals surface area contributed by atoms with Crippen molar-refractivity contribution in [3.05, 3.63) is 41.5 Å². The van der Waals surface area contributed by atoms with Gasteiger partial charge in [0.15, 0.2) is 5.65 Å². The van der Waals surface area contributed by atoms with Crippen LogP contribution in [-0.2, 0) is 4.74 Å². The lowest BCUT2D eigenvalue weighted by atomic mass is 10.1. The zero-order chi connectivity index (χ0) is 15.8. The maximum absolute atomic E-state index is 9.49. The first-order valence-electron chi connectivity index (χ1n) is 7.94. The Morgan fingerprint density at radius 3 is 3.09 bits per heavy atom. The minimum atomic E-state index is 0.260. The predicted molar refractivity (Wildman–Crippen MR) is 89.6 cm³/mol. The predicted octanol–water partition coefficient (Wildman–Crippen LogP) is 3.26. The highest BCUT2D eigenvalue weighted by molar-refractivity contribution is 5.85. The SMILES string of the molecule is Cc1cc(NC[C@@H]2CCCO2)n2c(nc3ccccc32)c1C#N. The molecule has 0 radical (unpaired) electrons. The van der Waals surface area contributed by atoms with Gasteiger partial charge in [0.1, 0.15) is 11.9 Å². The molecule has 1 fully saturated rings. The molecular weight excluding hydrogens is 288 g/mol. The van der Waals surface area contributed by atoms with E-state index < -0.39 is 0 Å². The van der Waals surface area contributed by atoms with E-state index in [4.69, 9.17) is 4.74 Å². The first-order chi connectivity index (χ1) is 11.3. The summed E-state index contributed by atoms with van der Waals surface area (Å²) in [6, 6.07) is 12.3. The van der Waals surface area contributed by atoms with E-state index in [2.05, 4.69) is 16.4 Å². The largest absolute Gasteiger partial charge is 0.376 e. The number of imidazole rings is 1. The molecule has 0 saturated carbocycles. The van der Waals surface area contributed by atoms with Crippen molar-refractivity contribution in [2.24, 2.45) is 0 Å². The molecule has 1 aliphatic rings. The summed E-state index contributed by atoms with van der Waals surface area (Å²) in [5.41, 5.74) is 4.18. The second kappa shape index (κ2) is 5.56. The van der Waals surface area contributed by atoms with Crippen LogP contribution >= 0.6 is 0 Å². The number of para-hydroxylation sites is 2. The van der Waals surface area contributed by atoms with Gasteiger partial charge in [0.25, 0.3) is 0 Å². The van der Waals surface area contributed by atoms with Gasteiger partial charge in [-0.2, -0.15) is 5.26 Å². The van der Waals surface area contributed by atoms with Crippen LogP contribution in [0, 0.1) is 18.3 Å². The summed E-state index contributed by atoms with van der Waals surface area (Å²) < 4.78 is 7.73. The number of hydrogen-bond acceptors (Lipinski definition) is 4. The molecule has 4 rings (SSSR count). The van der Waals surface area contributed by atoms with Crippen LogP contribution in [0.4, 0.5) is 5.82 Å². The van der Waals surface area contributed by atoms with Crippen LogP contribution in [0.5, 0.6) is 0 Å². The van der Waals surface area contributed by atoms with Gasteiger partial charge in [-0.05, 0) is 43.5 Å². The molecule has 5 nitrogen and oxygen atoms in total. The second-order valence-electron chi connectivity index (χ2n) is 5.97. The quantitative estimate of drug-likeness (QED) is 0.807. The van der Waals surface area contributed by atoms with E-state index in [1.807, 2.05) is 41.7 Å². The second-order valence-corrected chi connectivity index (χ2v) is 5.97. The van der Waals surface area contributed by atoms with Gasteiger partial charge >= 0.3 is 0 Å². The minimum absolute atomic E-state index is 0.260. The summed E-state index contributed by atoms with van der Waals surface area (Å²) in [5, 5.41) is 13.0. The van der Waals surface area contributed by atoms with E-state index in [0.717, 1.165) is 48.4 Å². The van der Waals surface area contributed by atoms with E-state index in [9.17, 15) is 5.26 Å². The summed E-state index contributed by atoms with van der Waals surface area (Å²) in [5.74, 6) is 0.959. The lowest BCUT2D eigenvalue weighted by molar-refractivity contribution is 0.120. The third-order valence-corrected chi connectivity index (χ3v) is 4.42. The third kappa shape index (κ3) is 2.32. The van der Waals surface area contributed by atoms with Crippen molar-refractivity contribution in [1.82, 2.24) is 9.38 Å². The Labute approximate surface area is 134 Å². The number of benzene rings is 1. The van der Waals surface area contributed by atoms with E-state index in [1.54, 1.807) is 0 Å². The molecule has 1 saturated heterocycles. The standard InChI is InChI=1S/C18H18N4O/c1-12-9-17(20-11-13-5-4-8-23-13)22-16-7-3-2-6-15(16)21-18(22)14(12)10-19/h2-3,6-7,9,13,20H,4-5,8,11H2,1H3/t13-/m0/s1. The number of rotatable bonds is 3. The average molecular weight is 306 g/mol. The van der Waals surface area contributed by atoms with Crippen molar-refractivity contribution in [2.75, 3.05) is 18.5 Å². The van der Waals surface area contributed by atoms with E-state index >= 15 is 0 Å². The molecule has 1 aliphatic heterocycles. The van der Waals surface area contributed by atoms with Gasteiger partial charge in [0.2, 0.25) is 0 Å². The highest BCUT2D eigenvalue weighted by Gasteiger charge is 2.18. The molecule has 0 amide bonds. The number of nitrogens with one attached hydrogen (secondary N) is 1. The molecule has 0 bridgehead atoms. The van der Waals surface area contributed by atoms with E-state index in [0.29, 0.717) is 11.2 Å². The van der Waals surface area contributed by atoms with Crippen molar-refractivity contribution < 1.29 is 4.74 Å². The third-order valence-electron chi connectivity index (χ3n) is 4.42. The molecule has 3 aromatic rings. The van der Waals surface area contributed by atoms with Crippen molar-refractivity contribution >= 4 is 22.5 Å². The number of nitrogens with zero attached hydrogens (tertiary/aromatic N) is 3. The number of ether oxygens (including phenoxy) is 1. The Morgan fingerprint density at radius 2 is 2.30 bits per heavy atom. The first-order valence-corrected chi connectivity index (χ1v) is 7.94. The number of hydrogen-bond donors (Lipinski definition) is 1. The Kier molecular flexibility index (Phi) is 3.40. The Bertz CT molecular complexity index is 916. The molecule has 0 spiro atoms. The van der Waals surface area contributed by atoms with Crippen molar-refractivity contribution in [2.45, 2.75) is 25.9 Å². The summed E-state index contributed by atoms with van der Waals surface area (Å²) in [6.07, 6.45) is 2.48. The summed E-state index contributed by atoms with van der Waals surface area (Å²) in [6.45, 7) is 3.57. The molecular formula is C18H18N4O. The monoisotopic (exact) mass is 306 g/mol. The molecule has 3 heterocycles. The smallest absolute Gasteiger partial charge is 0.157 e. The molecule has 0 unspecified atom stereocenters. The maximum Gasteiger partial charge on any atom is 0.157 e. The molecule has 5 heteroatoms. The molecule has 0 aliphatic carbocycles. The highest BCUT2D eigenvalue weighted by atomic mass is 16.5. The normalized spacial score (nSPS) is 17.7. The van der Waals surface area contributed by atoms with Gasteiger partial charge in [0, 0.05) is 13.2 Å². The molecule has 116 valence electrons. The molecule has 1 N–H and O–H groups in total. The summed E-state index contributed by atoms with van der Waals surface area (Å²) in [4.78, 5) is 4.66. The Balaban J connectivity index is 1.87. The van der Waals surface area contributed by atoms with E-state index in [-0.39, 0.29) is 6.10 Å². The summed E-state index contributed by atoms with van der Waals surface area (Å²) >= 11 is 0. The fourth-order valence-corrected chi connectivity index (χ4v) is 3.25. The Hall–Kier alpha value is -2.58. The minimum Gasteiger partial charge on any atom is -0.376 e. The number of anilines is 1. The number of fused-ring (bicyclic) bond motifs is 3. The number of aryl methyl sites for hydroxylation is 1. The van der Waals surface area contributed by atoms with Gasteiger partial charge in [-0.3, -0.25) is 4.40 Å². The van der Waals surface area contributed by atoms with Gasteiger partial charge in [0.05, 0.1) is 22.7 Å². The fraction of sp³-hybridized carbons (Fsp3) is 0.333. The lowest BCUT2D eigenvalue weighted by Crippen LogP contribution is -2.20. The zero-order valence-electron chi connectivity index (χ0n) is 13.0. The van der Waals surface area contributed by atoms with Crippen molar-refractivity contribution in [1.29, 1.82) is 5.26 Å². The van der Waals surface area contributed by atoms with Crippen molar-refractivity contribution in [3.63, 3.8) is 0 Å². The van der Waals surface area contributed by atoms with Crippen LogP contribution in [-0.4, -0.2) is 28.6 Å². The first kappa shape index (κ1) is 14.0. The van der Waals surface area contributed by atoms with Crippen LogP contribution in [0.25, 0.3) is 16.7 Å². The van der Waals surface area contributed by atoms with Crippen LogP contribution in [0.15, 0.2) is 30.3 Å². The van der Waals surface area contributed by atoms with Gasteiger partial charge < -0.3 is 10.1 Å². The molecule has 23 heavy (non-hydrogen) atoms. The Morgan fingerprint density at radius 1 is 1.43 bits per heavy atom. The average Bonchev–Trinajstić information content (AvgIpc) is 3.20. The maximum atomic E-state index is 9.49. The molecule has 2 aromatic heterocycles. The van der Waals surface area contributed by atoms with E-state index in [1.165, 1.54) is 0 Å². The number of aromatic nitrogens is 2. The highest BCUT2D eigenvalue weighted by Crippen LogP contribution is 2.26. The molecule has 1 aromatic carbocycles. The number of pyridine rings is 1.